The number of amides is 1. The van der Waals surface area contributed by atoms with Gasteiger partial charge in [0.25, 0.3) is 11.5 Å². The Morgan fingerprint density at radius 3 is 2.58 bits per heavy atom. The van der Waals surface area contributed by atoms with Gasteiger partial charge >= 0.3 is 6.18 Å². The topological polar surface area (TPSA) is 73.4 Å². The van der Waals surface area contributed by atoms with E-state index in [9.17, 15) is 27.9 Å². The van der Waals surface area contributed by atoms with Crippen molar-refractivity contribution in [3.63, 3.8) is 0 Å². The summed E-state index contributed by atoms with van der Waals surface area (Å²) in [6.45, 7) is -0.862. The Labute approximate surface area is 134 Å². The van der Waals surface area contributed by atoms with Gasteiger partial charge in [-0.15, -0.1) is 0 Å². The Bertz CT molecular complexity index is 831. The highest BCUT2D eigenvalue weighted by Gasteiger charge is 2.51. The molecule has 1 fully saturated rings. The highest BCUT2D eigenvalue weighted by Crippen LogP contribution is 2.38. The molecule has 0 unspecified atom stereocenters. The summed E-state index contributed by atoms with van der Waals surface area (Å²) >= 11 is 0. The zero-order chi connectivity index (χ0) is 17.5. The van der Waals surface area contributed by atoms with Crippen LogP contribution in [0.15, 0.2) is 35.3 Å². The van der Waals surface area contributed by atoms with Crippen molar-refractivity contribution in [3.05, 3.63) is 46.4 Å². The molecule has 2 atom stereocenters. The van der Waals surface area contributed by atoms with Gasteiger partial charge in [0.15, 0.2) is 0 Å². The van der Waals surface area contributed by atoms with Crippen LogP contribution in [0, 0.1) is 5.92 Å². The molecule has 0 radical (unpaired) electrons. The molecule has 2 heterocycles. The van der Waals surface area contributed by atoms with E-state index in [0.29, 0.717) is 5.39 Å². The molecule has 1 saturated heterocycles. The Hall–Kier alpha value is -2.35. The average molecular weight is 340 g/mol. The standard InChI is InChI=1S/C16H15F3N2O3/c17-16(18,19)12-5-6-21(13(12)8-22)15(24)11-7-20-14(23)10-4-2-1-3-9(10)11/h1-4,7,12-13,22H,5-6,8H2,(H,20,23)/t12-,13-/m0/s1. The summed E-state index contributed by atoms with van der Waals surface area (Å²) in [5.41, 5.74) is -0.262. The van der Waals surface area contributed by atoms with Gasteiger partial charge in [-0.25, -0.2) is 0 Å². The first kappa shape index (κ1) is 16.5. The molecular weight excluding hydrogens is 325 g/mol. The average Bonchev–Trinajstić information content (AvgIpc) is 2.99. The van der Waals surface area contributed by atoms with Gasteiger partial charge in [-0.1, -0.05) is 18.2 Å². The molecule has 0 saturated carbocycles. The molecule has 1 aromatic carbocycles. The maximum absolute atomic E-state index is 13.0. The van der Waals surface area contributed by atoms with Gasteiger partial charge in [0.05, 0.1) is 24.1 Å². The van der Waals surface area contributed by atoms with E-state index in [1.165, 1.54) is 12.3 Å². The van der Waals surface area contributed by atoms with Crippen LogP contribution in [0.5, 0.6) is 0 Å². The lowest BCUT2D eigenvalue weighted by Crippen LogP contribution is -2.44. The number of halogens is 3. The van der Waals surface area contributed by atoms with Crippen LogP contribution < -0.4 is 5.56 Å². The van der Waals surface area contributed by atoms with Crippen LogP contribution in [0.4, 0.5) is 13.2 Å². The van der Waals surface area contributed by atoms with E-state index in [4.69, 9.17) is 0 Å². The fraction of sp³-hybridized carbons (Fsp3) is 0.375. The number of pyridine rings is 1. The summed E-state index contributed by atoms with van der Waals surface area (Å²) in [5.74, 6) is -2.38. The van der Waals surface area contributed by atoms with E-state index in [1.54, 1.807) is 18.2 Å². The third-order valence-electron chi connectivity index (χ3n) is 4.45. The number of alkyl halides is 3. The third-order valence-corrected chi connectivity index (χ3v) is 4.45. The Balaban J connectivity index is 2.01. The van der Waals surface area contributed by atoms with Crippen molar-refractivity contribution < 1.29 is 23.1 Å². The van der Waals surface area contributed by atoms with E-state index < -0.39 is 30.7 Å². The van der Waals surface area contributed by atoms with Crippen molar-refractivity contribution in [2.75, 3.05) is 13.2 Å². The van der Waals surface area contributed by atoms with Crippen molar-refractivity contribution in [2.45, 2.75) is 18.6 Å². The number of carbonyl (C=O) groups is 1. The second-order valence-electron chi connectivity index (χ2n) is 5.76. The van der Waals surface area contributed by atoms with Gasteiger partial charge < -0.3 is 15.0 Å². The molecule has 24 heavy (non-hydrogen) atoms. The molecule has 2 aromatic rings. The normalized spacial score (nSPS) is 21.4. The number of H-pyrrole nitrogens is 1. The van der Waals surface area contributed by atoms with Crippen molar-refractivity contribution in [1.82, 2.24) is 9.88 Å². The number of aliphatic hydroxyl groups is 1. The van der Waals surface area contributed by atoms with Crippen molar-refractivity contribution in [2.24, 2.45) is 5.92 Å². The molecule has 3 rings (SSSR count). The van der Waals surface area contributed by atoms with E-state index in [0.717, 1.165) is 4.90 Å². The summed E-state index contributed by atoms with van der Waals surface area (Å²) in [5, 5.41) is 10.0. The number of aliphatic hydroxyl groups excluding tert-OH is 1. The fourth-order valence-corrected chi connectivity index (χ4v) is 3.25. The maximum atomic E-state index is 13.0. The van der Waals surface area contributed by atoms with Gasteiger partial charge in [-0.05, 0) is 12.5 Å². The monoisotopic (exact) mass is 340 g/mol. The van der Waals surface area contributed by atoms with E-state index in [-0.39, 0.29) is 29.5 Å². The number of aromatic nitrogens is 1. The molecule has 1 amide bonds. The van der Waals surface area contributed by atoms with Gasteiger partial charge in [0, 0.05) is 23.5 Å². The van der Waals surface area contributed by atoms with Crippen molar-refractivity contribution >= 4 is 16.7 Å². The van der Waals surface area contributed by atoms with Crippen molar-refractivity contribution in [1.29, 1.82) is 0 Å². The zero-order valence-electron chi connectivity index (χ0n) is 12.5. The molecule has 5 nitrogen and oxygen atoms in total. The van der Waals surface area contributed by atoms with Crippen LogP contribution >= 0.6 is 0 Å². The van der Waals surface area contributed by atoms with Gasteiger partial charge in [-0.3, -0.25) is 9.59 Å². The van der Waals surface area contributed by atoms with E-state index >= 15 is 0 Å². The van der Waals surface area contributed by atoms with Gasteiger partial charge in [0.1, 0.15) is 0 Å². The zero-order valence-corrected chi connectivity index (χ0v) is 12.5. The summed E-state index contributed by atoms with van der Waals surface area (Å²) < 4.78 is 39.1. The first-order valence-corrected chi connectivity index (χ1v) is 7.43. The number of hydrogen-bond acceptors (Lipinski definition) is 3. The molecule has 1 aromatic heterocycles. The second-order valence-corrected chi connectivity index (χ2v) is 5.76. The van der Waals surface area contributed by atoms with Crippen LogP contribution in [0.1, 0.15) is 16.8 Å². The first-order valence-electron chi connectivity index (χ1n) is 7.43. The number of hydrogen-bond donors (Lipinski definition) is 2. The predicted molar refractivity (Wildman–Crippen MR) is 80.6 cm³/mol. The Kier molecular flexibility index (Phi) is 4.08. The number of rotatable bonds is 2. The Morgan fingerprint density at radius 1 is 1.29 bits per heavy atom. The first-order chi connectivity index (χ1) is 11.3. The minimum Gasteiger partial charge on any atom is -0.394 e. The molecule has 1 aliphatic heterocycles. The molecular formula is C16H15F3N2O3. The van der Waals surface area contributed by atoms with Crippen LogP contribution in [-0.2, 0) is 0 Å². The second kappa shape index (κ2) is 5.94. The SMILES string of the molecule is O=C(c1c[nH]c(=O)c2ccccc12)N1CC[C@H](C(F)(F)F)[C@@H]1CO. The molecule has 8 heteroatoms. The number of nitrogens with one attached hydrogen (secondary N) is 1. The van der Waals surface area contributed by atoms with E-state index in [2.05, 4.69) is 4.98 Å². The number of carbonyl (C=O) groups excluding carboxylic acids is 1. The highest BCUT2D eigenvalue weighted by atomic mass is 19.4. The van der Waals surface area contributed by atoms with Crippen LogP contribution in [-0.4, -0.2) is 46.3 Å². The van der Waals surface area contributed by atoms with Gasteiger partial charge in [-0.2, -0.15) is 13.2 Å². The van der Waals surface area contributed by atoms with Crippen LogP contribution in [0.2, 0.25) is 0 Å². The lowest BCUT2D eigenvalue weighted by Gasteiger charge is -2.28. The summed E-state index contributed by atoms with van der Waals surface area (Å²) in [6, 6.07) is 5.07. The Morgan fingerprint density at radius 2 is 1.96 bits per heavy atom. The number of aromatic amines is 1. The highest BCUT2D eigenvalue weighted by molar-refractivity contribution is 6.06. The lowest BCUT2D eigenvalue weighted by atomic mass is 10.00. The van der Waals surface area contributed by atoms with Gasteiger partial charge in [0.2, 0.25) is 0 Å². The largest absolute Gasteiger partial charge is 0.394 e. The molecule has 0 spiro atoms. The van der Waals surface area contributed by atoms with Crippen LogP contribution in [0.3, 0.4) is 0 Å². The lowest BCUT2D eigenvalue weighted by molar-refractivity contribution is -0.181. The summed E-state index contributed by atoms with van der Waals surface area (Å²) in [6.07, 6.45) is -3.51. The third kappa shape index (κ3) is 2.66. The summed E-state index contributed by atoms with van der Waals surface area (Å²) in [7, 11) is 0. The maximum Gasteiger partial charge on any atom is 0.393 e. The number of benzene rings is 1. The number of likely N-dealkylation sites (tertiary alicyclic amines) is 1. The van der Waals surface area contributed by atoms with Crippen LogP contribution in [0.25, 0.3) is 10.8 Å². The molecule has 0 aliphatic carbocycles. The number of fused-ring (bicyclic) bond motifs is 1. The van der Waals surface area contributed by atoms with Crippen molar-refractivity contribution in [3.8, 4) is 0 Å². The molecule has 2 N–H and O–H groups in total. The number of nitrogens with zero attached hydrogens (tertiary/aromatic N) is 1. The smallest absolute Gasteiger partial charge is 0.393 e. The predicted octanol–water partition coefficient (Wildman–Crippen LogP) is 1.91. The molecule has 0 bridgehead atoms. The van der Waals surface area contributed by atoms with E-state index in [1.807, 2.05) is 0 Å². The quantitative estimate of drug-likeness (QED) is 0.877. The minimum atomic E-state index is -4.48. The molecule has 1 aliphatic rings. The fourth-order valence-electron chi connectivity index (χ4n) is 3.25. The minimum absolute atomic E-state index is 0.0955. The molecule has 128 valence electrons. The summed E-state index contributed by atoms with van der Waals surface area (Å²) in [4.78, 5) is 28.0.